The van der Waals surface area contributed by atoms with Gasteiger partial charge in [-0.05, 0) is 66.9 Å². The zero-order chi connectivity index (χ0) is 28.1. The Labute approximate surface area is 233 Å². The molecule has 4 aromatic rings. The van der Waals surface area contributed by atoms with Crippen LogP contribution in [0.5, 0.6) is 11.5 Å². The quantitative estimate of drug-likeness (QED) is 0.188. The molecule has 0 radical (unpaired) electrons. The van der Waals surface area contributed by atoms with Crippen molar-refractivity contribution in [2.45, 2.75) is 19.7 Å². The Morgan fingerprint density at radius 2 is 1.75 bits per heavy atom. The molecular formula is C28H25F3N6O2S. The second-order valence-corrected chi connectivity index (χ2v) is 9.87. The summed E-state index contributed by atoms with van der Waals surface area (Å²) in [7, 11) is 1.66. The summed E-state index contributed by atoms with van der Waals surface area (Å²) >= 11 is 1.68. The molecule has 0 bridgehead atoms. The lowest BCUT2D eigenvalue weighted by Crippen LogP contribution is -2.34. The third-order valence-electron chi connectivity index (χ3n) is 6.03. The fraction of sp³-hybridized carbons (Fsp3) is 0.214. The molecule has 1 fully saturated rings. The summed E-state index contributed by atoms with van der Waals surface area (Å²) < 4.78 is 47.9. The maximum absolute atomic E-state index is 12.4. The van der Waals surface area contributed by atoms with Gasteiger partial charge in [-0.2, -0.15) is 5.10 Å². The van der Waals surface area contributed by atoms with Gasteiger partial charge in [0.05, 0.1) is 19.0 Å². The standard InChI is InChI=1S/C28H25F3N6O2S/c1-19-16-24(38-2)12-13-25(19)36-14-3-15-40-27(36)34-33-17-20-4-6-21(7-5-20)26-32-18-37(35-26)22-8-10-23(11-9-22)39-28(29,30)31/h4-13,16-18H,3,14-15H2,1-2H3. The second kappa shape index (κ2) is 11.8. The summed E-state index contributed by atoms with van der Waals surface area (Å²) in [5, 5.41) is 14.1. The van der Waals surface area contributed by atoms with Crippen molar-refractivity contribution in [1.82, 2.24) is 14.8 Å². The van der Waals surface area contributed by atoms with Crippen LogP contribution in [0.4, 0.5) is 18.9 Å². The molecule has 1 aliphatic heterocycles. The van der Waals surface area contributed by atoms with Crippen molar-refractivity contribution in [1.29, 1.82) is 0 Å². The first-order chi connectivity index (χ1) is 19.3. The molecule has 2 heterocycles. The van der Waals surface area contributed by atoms with Crippen molar-refractivity contribution in [3.63, 3.8) is 0 Å². The maximum Gasteiger partial charge on any atom is 0.573 e. The molecule has 0 atom stereocenters. The van der Waals surface area contributed by atoms with Gasteiger partial charge in [0.1, 0.15) is 17.8 Å². The summed E-state index contributed by atoms with van der Waals surface area (Å²) in [6.07, 6.45) is -0.487. The number of halogens is 3. The van der Waals surface area contributed by atoms with Crippen LogP contribution >= 0.6 is 11.8 Å². The lowest BCUT2D eigenvalue weighted by molar-refractivity contribution is -0.274. The number of thioether (sulfide) groups is 1. The predicted octanol–water partition coefficient (Wildman–Crippen LogP) is 6.48. The Morgan fingerprint density at radius 3 is 2.45 bits per heavy atom. The molecular weight excluding hydrogens is 541 g/mol. The number of benzene rings is 3. The van der Waals surface area contributed by atoms with Gasteiger partial charge in [-0.1, -0.05) is 36.0 Å². The smallest absolute Gasteiger partial charge is 0.497 e. The van der Waals surface area contributed by atoms with E-state index in [1.54, 1.807) is 25.1 Å². The minimum absolute atomic E-state index is 0.301. The summed E-state index contributed by atoms with van der Waals surface area (Å²) in [4.78, 5) is 6.50. The third kappa shape index (κ3) is 6.63. The Balaban J connectivity index is 1.26. The zero-order valence-corrected chi connectivity index (χ0v) is 22.5. The first-order valence-electron chi connectivity index (χ1n) is 12.3. The topological polar surface area (TPSA) is 77.1 Å². The van der Waals surface area contributed by atoms with Crippen LogP contribution in [-0.2, 0) is 0 Å². The fourth-order valence-corrected chi connectivity index (χ4v) is 5.01. The number of rotatable bonds is 7. The molecule has 0 amide bonds. The van der Waals surface area contributed by atoms with Crippen molar-refractivity contribution >= 4 is 28.8 Å². The van der Waals surface area contributed by atoms with Crippen molar-refractivity contribution in [2.75, 3.05) is 24.3 Å². The van der Waals surface area contributed by atoms with E-state index in [0.29, 0.717) is 11.5 Å². The minimum atomic E-state index is -4.74. The maximum atomic E-state index is 12.4. The Bertz CT molecular complexity index is 1520. The van der Waals surface area contributed by atoms with Gasteiger partial charge in [0.2, 0.25) is 0 Å². The lowest BCUT2D eigenvalue weighted by atomic mass is 10.1. The normalized spacial score (nSPS) is 15.1. The highest BCUT2D eigenvalue weighted by atomic mass is 32.2. The minimum Gasteiger partial charge on any atom is -0.497 e. The highest BCUT2D eigenvalue weighted by molar-refractivity contribution is 8.14. The summed E-state index contributed by atoms with van der Waals surface area (Å²) in [6, 6.07) is 18.9. The van der Waals surface area contributed by atoms with Crippen molar-refractivity contribution in [3.8, 4) is 28.6 Å². The van der Waals surface area contributed by atoms with E-state index in [0.717, 1.165) is 52.0 Å². The Morgan fingerprint density at radius 1 is 1.00 bits per heavy atom. The largest absolute Gasteiger partial charge is 0.573 e. The summed E-state index contributed by atoms with van der Waals surface area (Å²) in [5.41, 5.74) is 4.39. The molecule has 0 spiro atoms. The first kappa shape index (κ1) is 27.3. The number of amidine groups is 1. The number of nitrogens with zero attached hydrogens (tertiary/aromatic N) is 6. The summed E-state index contributed by atoms with van der Waals surface area (Å²) in [6.45, 7) is 2.93. The van der Waals surface area contributed by atoms with Crippen LogP contribution in [0.3, 0.4) is 0 Å². The number of aromatic nitrogens is 3. The number of alkyl halides is 3. The van der Waals surface area contributed by atoms with Crippen LogP contribution in [0, 0.1) is 6.92 Å². The van der Waals surface area contributed by atoms with Gasteiger partial charge in [0.15, 0.2) is 11.0 Å². The molecule has 0 saturated carbocycles. The van der Waals surface area contributed by atoms with Gasteiger partial charge in [-0.3, -0.25) is 0 Å². The first-order valence-corrected chi connectivity index (χ1v) is 13.3. The van der Waals surface area contributed by atoms with Crippen LogP contribution in [0.2, 0.25) is 0 Å². The molecule has 5 rings (SSSR count). The van der Waals surface area contributed by atoms with Gasteiger partial charge >= 0.3 is 6.36 Å². The average molecular weight is 567 g/mol. The van der Waals surface area contributed by atoms with E-state index in [4.69, 9.17) is 4.74 Å². The Hall–Kier alpha value is -4.32. The van der Waals surface area contributed by atoms with Crippen molar-refractivity contribution < 1.29 is 22.6 Å². The van der Waals surface area contributed by atoms with Crippen LogP contribution < -0.4 is 14.4 Å². The van der Waals surface area contributed by atoms with Gasteiger partial charge < -0.3 is 14.4 Å². The van der Waals surface area contributed by atoms with E-state index in [-0.39, 0.29) is 5.75 Å². The van der Waals surface area contributed by atoms with E-state index in [2.05, 4.69) is 36.8 Å². The molecule has 1 saturated heterocycles. The van der Waals surface area contributed by atoms with Gasteiger partial charge in [-0.25, -0.2) is 9.67 Å². The van der Waals surface area contributed by atoms with E-state index in [1.807, 2.05) is 42.5 Å². The monoisotopic (exact) mass is 566 g/mol. The van der Waals surface area contributed by atoms with Crippen molar-refractivity contribution in [3.05, 3.63) is 84.2 Å². The van der Waals surface area contributed by atoms with E-state index in [9.17, 15) is 13.2 Å². The van der Waals surface area contributed by atoms with Crippen molar-refractivity contribution in [2.24, 2.45) is 10.2 Å². The molecule has 1 aromatic heterocycles. The molecule has 0 aliphatic carbocycles. The number of ether oxygens (including phenoxy) is 2. The van der Waals surface area contributed by atoms with Gasteiger partial charge in [0, 0.05) is 23.5 Å². The van der Waals surface area contributed by atoms with Crippen LogP contribution in [0.1, 0.15) is 17.5 Å². The Kier molecular flexibility index (Phi) is 8.06. The number of hydrogen-bond donors (Lipinski definition) is 0. The molecule has 40 heavy (non-hydrogen) atoms. The molecule has 0 N–H and O–H groups in total. The highest BCUT2D eigenvalue weighted by Gasteiger charge is 2.31. The SMILES string of the molecule is COc1ccc(N2CCCSC2=NN=Cc2ccc(-c3ncn(-c4ccc(OC(F)(F)F)cc4)n3)cc2)c(C)c1. The average Bonchev–Trinajstić information content (AvgIpc) is 3.44. The fourth-order valence-electron chi connectivity index (χ4n) is 4.11. The predicted molar refractivity (Wildman–Crippen MR) is 151 cm³/mol. The molecule has 12 heteroatoms. The molecule has 3 aromatic carbocycles. The molecule has 206 valence electrons. The van der Waals surface area contributed by atoms with Crippen LogP contribution in [-0.4, -0.2) is 51.9 Å². The second-order valence-electron chi connectivity index (χ2n) is 8.81. The number of aryl methyl sites for hydroxylation is 1. The van der Waals surface area contributed by atoms with Gasteiger partial charge in [-0.15, -0.1) is 23.4 Å². The number of anilines is 1. The lowest BCUT2D eigenvalue weighted by Gasteiger charge is -2.30. The zero-order valence-electron chi connectivity index (χ0n) is 21.7. The number of hydrogen-bond acceptors (Lipinski definition) is 7. The van der Waals surface area contributed by atoms with E-state index >= 15 is 0 Å². The molecule has 8 nitrogen and oxygen atoms in total. The number of methoxy groups -OCH3 is 1. The van der Waals surface area contributed by atoms with E-state index in [1.165, 1.54) is 35.3 Å². The van der Waals surface area contributed by atoms with E-state index < -0.39 is 6.36 Å². The molecule has 1 aliphatic rings. The summed E-state index contributed by atoms with van der Waals surface area (Å²) in [5.74, 6) is 1.98. The molecule has 0 unspecified atom stereocenters. The van der Waals surface area contributed by atoms with Crippen LogP contribution in [0.15, 0.2) is 83.3 Å². The highest BCUT2D eigenvalue weighted by Crippen LogP contribution is 2.30. The van der Waals surface area contributed by atoms with Gasteiger partial charge in [0.25, 0.3) is 0 Å². The van der Waals surface area contributed by atoms with Crippen LogP contribution in [0.25, 0.3) is 17.1 Å². The third-order valence-corrected chi connectivity index (χ3v) is 7.08.